The fourth-order valence-electron chi connectivity index (χ4n) is 2.53. The highest BCUT2D eigenvalue weighted by Crippen LogP contribution is 2.20. The van der Waals surface area contributed by atoms with Gasteiger partial charge in [-0.2, -0.15) is 0 Å². The molecule has 0 fully saturated rings. The summed E-state index contributed by atoms with van der Waals surface area (Å²) in [6, 6.07) is 18.5. The topological polar surface area (TPSA) is 49.3 Å². The number of fused-ring (bicyclic) bond motifs is 1. The minimum Gasteiger partial charge on any atom is -0.394 e. The summed E-state index contributed by atoms with van der Waals surface area (Å²) in [5, 5.41) is 14.5. The number of benzene rings is 3. The van der Waals surface area contributed by atoms with Gasteiger partial charge >= 0.3 is 0 Å². The Hall–Kier alpha value is -2.72. The molecule has 0 aliphatic rings. The molecule has 0 radical (unpaired) electrons. The molecular weight excluding hydrogens is 293 g/mol. The van der Waals surface area contributed by atoms with Crippen LogP contribution in [-0.4, -0.2) is 17.6 Å². The number of hydrogen-bond donors (Lipinski definition) is 2. The van der Waals surface area contributed by atoms with Crippen LogP contribution < -0.4 is 5.32 Å². The average Bonchev–Trinajstić information content (AvgIpc) is 2.59. The fourth-order valence-corrected chi connectivity index (χ4v) is 2.53. The summed E-state index contributed by atoms with van der Waals surface area (Å²) in [4.78, 5) is 12.2. The Morgan fingerprint density at radius 2 is 1.78 bits per heavy atom. The van der Waals surface area contributed by atoms with Crippen LogP contribution in [0, 0.1) is 5.82 Å². The second kappa shape index (κ2) is 6.58. The molecule has 3 rings (SSSR count). The first-order valence-electron chi connectivity index (χ1n) is 7.33. The summed E-state index contributed by atoms with van der Waals surface area (Å²) in [6.45, 7) is -0.237. The summed E-state index contributed by atoms with van der Waals surface area (Å²) < 4.78 is 13.2. The number of nitrogens with one attached hydrogen (secondary N) is 1. The summed E-state index contributed by atoms with van der Waals surface area (Å²) in [7, 11) is 0. The van der Waals surface area contributed by atoms with Gasteiger partial charge in [-0.15, -0.1) is 0 Å². The van der Waals surface area contributed by atoms with Gasteiger partial charge in [0.15, 0.2) is 0 Å². The normalized spacial score (nSPS) is 12.1. The molecule has 0 aliphatic heterocycles. The Labute approximate surface area is 133 Å². The largest absolute Gasteiger partial charge is 0.394 e. The quantitative estimate of drug-likeness (QED) is 0.775. The molecule has 0 saturated heterocycles. The van der Waals surface area contributed by atoms with Crippen LogP contribution in [0.1, 0.15) is 22.0 Å². The van der Waals surface area contributed by atoms with Gasteiger partial charge in [-0.05, 0) is 40.6 Å². The SMILES string of the molecule is O=C(NC(CO)c1ccc2ccccc2c1)c1cccc(F)c1. The van der Waals surface area contributed by atoms with Crippen molar-refractivity contribution in [3.63, 3.8) is 0 Å². The van der Waals surface area contributed by atoms with Crippen LogP contribution in [-0.2, 0) is 0 Å². The molecule has 0 aromatic heterocycles. The molecule has 0 bridgehead atoms. The molecule has 3 aromatic rings. The van der Waals surface area contributed by atoms with Crippen molar-refractivity contribution >= 4 is 16.7 Å². The van der Waals surface area contributed by atoms with E-state index in [1.54, 1.807) is 0 Å². The lowest BCUT2D eigenvalue weighted by atomic mass is 10.0. The van der Waals surface area contributed by atoms with Crippen LogP contribution in [0.4, 0.5) is 4.39 Å². The van der Waals surface area contributed by atoms with E-state index in [0.29, 0.717) is 0 Å². The van der Waals surface area contributed by atoms with Gasteiger partial charge in [0.2, 0.25) is 0 Å². The van der Waals surface area contributed by atoms with Crippen LogP contribution in [0.2, 0.25) is 0 Å². The van der Waals surface area contributed by atoms with Crippen molar-refractivity contribution in [1.82, 2.24) is 5.32 Å². The summed E-state index contributed by atoms with van der Waals surface area (Å²) >= 11 is 0. The second-order valence-corrected chi connectivity index (χ2v) is 5.33. The Morgan fingerprint density at radius 3 is 2.52 bits per heavy atom. The first kappa shape index (κ1) is 15.2. The Balaban J connectivity index is 1.85. The predicted octanol–water partition coefficient (Wildman–Crippen LogP) is 3.44. The highest BCUT2D eigenvalue weighted by atomic mass is 19.1. The van der Waals surface area contributed by atoms with Gasteiger partial charge in [0.05, 0.1) is 12.6 Å². The third-order valence-electron chi connectivity index (χ3n) is 3.75. The lowest BCUT2D eigenvalue weighted by Crippen LogP contribution is -2.30. The summed E-state index contributed by atoms with van der Waals surface area (Å²) in [5.41, 5.74) is 1.03. The monoisotopic (exact) mass is 309 g/mol. The third-order valence-corrected chi connectivity index (χ3v) is 3.75. The maximum atomic E-state index is 13.2. The molecule has 2 N–H and O–H groups in total. The van der Waals surface area contributed by atoms with Crippen molar-refractivity contribution in [3.05, 3.63) is 83.7 Å². The molecule has 1 amide bonds. The van der Waals surface area contributed by atoms with E-state index in [-0.39, 0.29) is 12.2 Å². The van der Waals surface area contributed by atoms with Gasteiger partial charge < -0.3 is 10.4 Å². The minimum absolute atomic E-state index is 0.226. The van der Waals surface area contributed by atoms with E-state index in [2.05, 4.69) is 5.32 Å². The number of halogens is 1. The molecule has 1 unspecified atom stereocenters. The van der Waals surface area contributed by atoms with E-state index >= 15 is 0 Å². The molecule has 3 nitrogen and oxygen atoms in total. The molecule has 23 heavy (non-hydrogen) atoms. The van der Waals surface area contributed by atoms with Gasteiger partial charge in [0, 0.05) is 5.56 Å². The molecule has 1 atom stereocenters. The zero-order chi connectivity index (χ0) is 16.2. The number of rotatable bonds is 4. The number of aliphatic hydroxyl groups excluding tert-OH is 1. The van der Waals surface area contributed by atoms with Gasteiger partial charge in [0.25, 0.3) is 5.91 Å². The molecule has 116 valence electrons. The fraction of sp³-hybridized carbons (Fsp3) is 0.105. The van der Waals surface area contributed by atoms with Crippen molar-refractivity contribution in [1.29, 1.82) is 0 Å². The van der Waals surface area contributed by atoms with Gasteiger partial charge in [-0.25, -0.2) is 4.39 Å². The van der Waals surface area contributed by atoms with Crippen LogP contribution in [0.15, 0.2) is 66.7 Å². The molecule has 0 heterocycles. The first-order chi connectivity index (χ1) is 11.2. The Kier molecular flexibility index (Phi) is 4.35. The van der Waals surface area contributed by atoms with Gasteiger partial charge in [0.1, 0.15) is 5.82 Å². The van der Waals surface area contributed by atoms with Crippen molar-refractivity contribution in [3.8, 4) is 0 Å². The van der Waals surface area contributed by atoms with E-state index in [1.165, 1.54) is 24.3 Å². The molecule has 0 saturated carbocycles. The second-order valence-electron chi connectivity index (χ2n) is 5.33. The van der Waals surface area contributed by atoms with Crippen LogP contribution in [0.25, 0.3) is 10.8 Å². The maximum absolute atomic E-state index is 13.2. The standard InChI is InChI=1S/C19H16FNO2/c20-17-7-3-6-16(11-17)19(23)21-18(12-22)15-9-8-13-4-1-2-5-14(13)10-15/h1-11,18,22H,12H2,(H,21,23). The summed E-state index contributed by atoms with van der Waals surface area (Å²) in [6.07, 6.45) is 0. The Bertz CT molecular complexity index is 847. The predicted molar refractivity (Wildman–Crippen MR) is 87.6 cm³/mol. The highest BCUT2D eigenvalue weighted by Gasteiger charge is 2.15. The average molecular weight is 309 g/mol. The van der Waals surface area contributed by atoms with Crippen LogP contribution in [0.5, 0.6) is 0 Å². The van der Waals surface area contributed by atoms with E-state index in [0.717, 1.165) is 16.3 Å². The highest BCUT2D eigenvalue weighted by molar-refractivity contribution is 5.94. The van der Waals surface area contributed by atoms with Crippen LogP contribution >= 0.6 is 0 Å². The van der Waals surface area contributed by atoms with Crippen molar-refractivity contribution in [2.75, 3.05) is 6.61 Å². The maximum Gasteiger partial charge on any atom is 0.251 e. The smallest absolute Gasteiger partial charge is 0.251 e. The number of carbonyl (C=O) groups is 1. The van der Waals surface area contributed by atoms with Crippen molar-refractivity contribution in [2.45, 2.75) is 6.04 Å². The molecule has 4 heteroatoms. The number of carbonyl (C=O) groups excluding carboxylic acids is 1. The van der Waals surface area contributed by atoms with E-state index in [9.17, 15) is 14.3 Å². The molecule has 0 spiro atoms. The lowest BCUT2D eigenvalue weighted by molar-refractivity contribution is 0.0916. The van der Waals surface area contributed by atoms with E-state index in [1.807, 2.05) is 42.5 Å². The van der Waals surface area contributed by atoms with E-state index < -0.39 is 17.8 Å². The first-order valence-corrected chi connectivity index (χ1v) is 7.33. The third kappa shape index (κ3) is 3.38. The van der Waals surface area contributed by atoms with Gasteiger partial charge in [-0.1, -0.05) is 42.5 Å². The van der Waals surface area contributed by atoms with Crippen LogP contribution in [0.3, 0.4) is 0 Å². The number of hydrogen-bond acceptors (Lipinski definition) is 2. The van der Waals surface area contributed by atoms with E-state index in [4.69, 9.17) is 0 Å². The molecular formula is C19H16FNO2. The molecule has 3 aromatic carbocycles. The minimum atomic E-state index is -0.546. The summed E-state index contributed by atoms with van der Waals surface area (Å²) in [5.74, 6) is -0.888. The zero-order valence-corrected chi connectivity index (χ0v) is 12.4. The van der Waals surface area contributed by atoms with Crippen molar-refractivity contribution in [2.24, 2.45) is 0 Å². The zero-order valence-electron chi connectivity index (χ0n) is 12.4. The Morgan fingerprint density at radius 1 is 1.00 bits per heavy atom. The molecule has 0 aliphatic carbocycles. The number of aliphatic hydroxyl groups is 1. The van der Waals surface area contributed by atoms with Gasteiger partial charge in [-0.3, -0.25) is 4.79 Å². The van der Waals surface area contributed by atoms with Crippen molar-refractivity contribution < 1.29 is 14.3 Å². The number of amides is 1. The lowest BCUT2D eigenvalue weighted by Gasteiger charge is -2.17.